The third-order valence-corrected chi connectivity index (χ3v) is 8.82. The summed E-state index contributed by atoms with van der Waals surface area (Å²) in [6.45, 7) is 5.92. The summed E-state index contributed by atoms with van der Waals surface area (Å²) in [4.78, 5) is 43.9. The van der Waals surface area contributed by atoms with Gasteiger partial charge in [-0.25, -0.2) is 0 Å². The van der Waals surface area contributed by atoms with Crippen molar-refractivity contribution in [1.82, 2.24) is 4.90 Å². The number of amides is 2. The third kappa shape index (κ3) is 4.01. The van der Waals surface area contributed by atoms with Crippen molar-refractivity contribution in [3.8, 4) is 0 Å². The number of aryl methyl sites for hydroxylation is 1. The van der Waals surface area contributed by atoms with Gasteiger partial charge in [0.1, 0.15) is 0 Å². The molecule has 0 radical (unpaired) electrons. The Morgan fingerprint density at radius 3 is 2.63 bits per heavy atom. The number of thioether (sulfide) groups is 1. The number of benzene rings is 2. The first kappa shape index (κ1) is 24.2. The van der Waals surface area contributed by atoms with E-state index in [9.17, 15) is 14.4 Å². The van der Waals surface area contributed by atoms with Gasteiger partial charge in [0.15, 0.2) is 0 Å². The van der Waals surface area contributed by atoms with E-state index in [2.05, 4.69) is 4.90 Å². The maximum Gasteiger partial charge on any atom is 0.309 e. The van der Waals surface area contributed by atoms with Gasteiger partial charge in [-0.05, 0) is 50.5 Å². The molecule has 2 fully saturated rings. The number of hydrogen-bond acceptors (Lipinski definition) is 6. The lowest BCUT2D eigenvalue weighted by Crippen LogP contribution is -2.52. The van der Waals surface area contributed by atoms with Crippen molar-refractivity contribution in [2.45, 2.75) is 31.6 Å². The molecule has 5 rings (SSSR count). The smallest absolute Gasteiger partial charge is 0.309 e. The number of rotatable bonds is 5. The van der Waals surface area contributed by atoms with Crippen molar-refractivity contribution >= 4 is 52.5 Å². The zero-order valence-corrected chi connectivity index (χ0v) is 21.4. The summed E-state index contributed by atoms with van der Waals surface area (Å²) in [5.41, 5.74) is 3.17. The van der Waals surface area contributed by atoms with E-state index < -0.39 is 4.87 Å². The minimum absolute atomic E-state index is 0.0936. The number of likely N-dealkylation sites (tertiary alicyclic amines) is 1. The Labute approximate surface area is 214 Å². The molecule has 0 N–H and O–H groups in total. The van der Waals surface area contributed by atoms with Crippen LogP contribution in [0.15, 0.2) is 42.5 Å². The summed E-state index contributed by atoms with van der Waals surface area (Å²) in [5, 5.41) is 0.558. The van der Waals surface area contributed by atoms with Crippen molar-refractivity contribution in [1.29, 1.82) is 0 Å². The van der Waals surface area contributed by atoms with Gasteiger partial charge in [-0.15, -0.1) is 11.8 Å². The van der Waals surface area contributed by atoms with Gasteiger partial charge in [0.05, 0.1) is 30.6 Å². The fourth-order valence-electron chi connectivity index (χ4n) is 5.19. The molecule has 1 spiro atoms. The number of esters is 1. The zero-order chi connectivity index (χ0) is 24.7. The molecular formula is C26H28ClN3O4S. The minimum Gasteiger partial charge on any atom is -0.466 e. The Balaban J connectivity index is 1.44. The molecule has 0 aliphatic carbocycles. The second-order valence-corrected chi connectivity index (χ2v) is 10.7. The third-order valence-electron chi connectivity index (χ3n) is 7.03. The summed E-state index contributed by atoms with van der Waals surface area (Å²) in [6.07, 6.45) is 1.41. The first-order valence-electron chi connectivity index (χ1n) is 11.9. The van der Waals surface area contributed by atoms with Gasteiger partial charge in [0, 0.05) is 29.4 Å². The van der Waals surface area contributed by atoms with E-state index in [0.717, 1.165) is 16.8 Å². The molecule has 7 nitrogen and oxygen atoms in total. The maximum absolute atomic E-state index is 14.2. The lowest BCUT2D eigenvalue weighted by molar-refractivity contribution is -0.149. The number of nitrogens with zero attached hydrogens (tertiary/aromatic N) is 3. The Morgan fingerprint density at radius 1 is 1.17 bits per heavy atom. The predicted molar refractivity (Wildman–Crippen MR) is 138 cm³/mol. The second-order valence-electron chi connectivity index (χ2n) is 9.13. The normalized spacial score (nSPS) is 22.8. The highest BCUT2D eigenvalue weighted by Gasteiger charge is 2.61. The predicted octanol–water partition coefficient (Wildman–Crippen LogP) is 4.16. The summed E-state index contributed by atoms with van der Waals surface area (Å²) in [7, 11) is 0. The van der Waals surface area contributed by atoms with Gasteiger partial charge in [0.2, 0.25) is 10.8 Å². The molecule has 3 aliphatic heterocycles. The molecule has 35 heavy (non-hydrogen) atoms. The van der Waals surface area contributed by atoms with Crippen molar-refractivity contribution in [2.24, 2.45) is 5.92 Å². The van der Waals surface area contributed by atoms with Crippen LogP contribution in [-0.2, 0) is 24.0 Å². The van der Waals surface area contributed by atoms with Gasteiger partial charge in [-0.1, -0.05) is 35.9 Å². The van der Waals surface area contributed by atoms with Crippen LogP contribution in [0.1, 0.15) is 30.9 Å². The quantitative estimate of drug-likeness (QED) is 0.559. The van der Waals surface area contributed by atoms with Crippen LogP contribution in [0.5, 0.6) is 0 Å². The van der Waals surface area contributed by atoms with Crippen molar-refractivity contribution in [3.63, 3.8) is 0 Å². The van der Waals surface area contributed by atoms with E-state index in [-0.39, 0.29) is 29.5 Å². The van der Waals surface area contributed by atoms with Crippen LogP contribution in [0.2, 0.25) is 5.02 Å². The van der Waals surface area contributed by atoms with E-state index in [1.807, 2.05) is 50.2 Å². The van der Waals surface area contributed by atoms with Crippen LogP contribution in [0.25, 0.3) is 0 Å². The van der Waals surface area contributed by atoms with Gasteiger partial charge >= 0.3 is 5.97 Å². The lowest BCUT2D eigenvalue weighted by Gasteiger charge is -2.36. The fraction of sp³-hybridized carbons (Fsp3) is 0.423. The van der Waals surface area contributed by atoms with E-state index in [4.69, 9.17) is 16.3 Å². The Kier molecular flexibility index (Phi) is 6.55. The molecule has 2 aromatic rings. The van der Waals surface area contributed by atoms with Gasteiger partial charge in [0.25, 0.3) is 5.91 Å². The number of halogens is 1. The van der Waals surface area contributed by atoms with Crippen molar-refractivity contribution in [3.05, 3.63) is 58.6 Å². The van der Waals surface area contributed by atoms with Crippen LogP contribution >= 0.6 is 23.4 Å². The minimum atomic E-state index is -1.16. The molecule has 2 saturated heterocycles. The number of piperidine rings is 1. The first-order chi connectivity index (χ1) is 16.9. The summed E-state index contributed by atoms with van der Waals surface area (Å²) in [6, 6.07) is 13.2. The van der Waals surface area contributed by atoms with Crippen LogP contribution in [0.3, 0.4) is 0 Å². The Morgan fingerprint density at radius 2 is 1.91 bits per heavy atom. The Bertz CT molecular complexity index is 1180. The lowest BCUT2D eigenvalue weighted by atomic mass is 9.97. The molecule has 0 aromatic heterocycles. The monoisotopic (exact) mass is 513 g/mol. The van der Waals surface area contributed by atoms with Crippen LogP contribution in [0, 0.1) is 12.8 Å². The first-order valence-corrected chi connectivity index (χ1v) is 13.3. The Hall–Kier alpha value is -2.55. The molecular weight excluding hydrogens is 486 g/mol. The molecule has 2 aromatic carbocycles. The number of para-hydroxylation sites is 1. The molecule has 184 valence electrons. The fourth-order valence-corrected chi connectivity index (χ4v) is 6.72. The second kappa shape index (κ2) is 9.48. The molecule has 0 saturated carbocycles. The average molecular weight is 514 g/mol. The number of carbonyl (C=O) groups is 3. The van der Waals surface area contributed by atoms with E-state index in [1.165, 1.54) is 11.8 Å². The highest BCUT2D eigenvalue weighted by Crippen LogP contribution is 2.55. The topological polar surface area (TPSA) is 70.2 Å². The van der Waals surface area contributed by atoms with Crippen molar-refractivity contribution in [2.75, 3.05) is 41.9 Å². The van der Waals surface area contributed by atoms with Crippen LogP contribution < -0.4 is 9.80 Å². The maximum atomic E-state index is 14.2. The van der Waals surface area contributed by atoms with Gasteiger partial charge in [-0.3, -0.25) is 29.1 Å². The van der Waals surface area contributed by atoms with E-state index >= 15 is 0 Å². The number of ether oxygens (including phenoxy) is 1. The van der Waals surface area contributed by atoms with Gasteiger partial charge < -0.3 is 4.74 Å². The van der Waals surface area contributed by atoms with Crippen molar-refractivity contribution < 1.29 is 19.1 Å². The number of hydrogen-bond donors (Lipinski definition) is 0. The zero-order valence-electron chi connectivity index (χ0n) is 19.8. The largest absolute Gasteiger partial charge is 0.466 e. The molecule has 0 bridgehead atoms. The average Bonchev–Trinajstić information content (AvgIpc) is 3.32. The molecule has 3 aliphatic rings. The summed E-state index contributed by atoms with van der Waals surface area (Å²) < 4.78 is 5.18. The SMILES string of the molecule is CCOC(=O)C1CCN(CN2C(=O)C3(SCC(=O)N3c3ccc(C)c(Cl)c3)c3ccccc32)CC1. The molecule has 3 heterocycles. The number of fused-ring (bicyclic) bond motifs is 2. The van der Waals surface area contributed by atoms with Crippen LogP contribution in [-0.4, -0.2) is 54.8 Å². The number of anilines is 2. The van der Waals surface area contributed by atoms with Crippen LogP contribution in [0.4, 0.5) is 11.4 Å². The molecule has 1 unspecified atom stereocenters. The standard InChI is InChI=1S/C26H28ClN3O4S/c1-3-34-24(32)18-10-12-28(13-11-18)16-29-22-7-5-4-6-20(22)26(25(29)33)30(23(31)15-35-26)19-9-8-17(2)21(27)14-19/h4-9,14,18H,3,10-13,15-16H2,1-2H3. The molecule has 9 heteroatoms. The number of carbonyl (C=O) groups excluding carboxylic acids is 3. The summed E-state index contributed by atoms with van der Waals surface area (Å²) >= 11 is 7.77. The summed E-state index contributed by atoms with van der Waals surface area (Å²) in [5.74, 6) is -0.260. The van der Waals surface area contributed by atoms with E-state index in [0.29, 0.717) is 49.9 Å². The molecule has 1 atom stereocenters. The molecule has 2 amide bonds. The highest BCUT2D eigenvalue weighted by molar-refractivity contribution is 8.02. The van der Waals surface area contributed by atoms with Gasteiger partial charge in [-0.2, -0.15) is 0 Å². The highest BCUT2D eigenvalue weighted by atomic mass is 35.5. The van der Waals surface area contributed by atoms with E-state index in [1.54, 1.807) is 15.9 Å².